The number of benzene rings is 1. The van der Waals surface area contributed by atoms with E-state index in [2.05, 4.69) is 5.32 Å². The summed E-state index contributed by atoms with van der Waals surface area (Å²) >= 11 is 0. The average molecular weight is 287 g/mol. The largest absolute Gasteiger partial charge is 0.388 e. The number of aliphatic hydroxyl groups is 1. The highest BCUT2D eigenvalue weighted by Crippen LogP contribution is 2.44. The lowest BCUT2D eigenvalue weighted by Crippen LogP contribution is -2.29. The van der Waals surface area contributed by atoms with Crippen molar-refractivity contribution >= 4 is 5.91 Å². The van der Waals surface area contributed by atoms with Gasteiger partial charge in [-0.2, -0.15) is 0 Å². The van der Waals surface area contributed by atoms with E-state index in [1.54, 1.807) is 0 Å². The van der Waals surface area contributed by atoms with Crippen LogP contribution >= 0.6 is 0 Å². The Hall–Kier alpha value is -1.35. The Morgan fingerprint density at radius 1 is 1.19 bits per heavy atom. The number of hydrogen-bond donors (Lipinski definition) is 2. The van der Waals surface area contributed by atoms with Crippen LogP contribution in [0.3, 0.4) is 0 Å². The van der Waals surface area contributed by atoms with Crippen molar-refractivity contribution in [2.75, 3.05) is 0 Å². The molecule has 3 rings (SSSR count). The molecule has 0 bridgehead atoms. The van der Waals surface area contributed by atoms with Gasteiger partial charge in [0.15, 0.2) is 0 Å². The summed E-state index contributed by atoms with van der Waals surface area (Å²) in [5, 5.41) is 13.2. The zero-order valence-electron chi connectivity index (χ0n) is 12.5. The predicted molar refractivity (Wildman–Crippen MR) is 82.6 cm³/mol. The van der Waals surface area contributed by atoms with Crippen LogP contribution in [0.25, 0.3) is 0 Å². The zero-order valence-corrected chi connectivity index (χ0v) is 12.5. The number of nitrogens with one attached hydrogen (secondary N) is 1. The van der Waals surface area contributed by atoms with Crippen molar-refractivity contribution in [2.24, 2.45) is 11.8 Å². The van der Waals surface area contributed by atoms with Gasteiger partial charge in [0.2, 0.25) is 5.91 Å². The Balaban J connectivity index is 1.43. The van der Waals surface area contributed by atoms with Gasteiger partial charge in [0, 0.05) is 6.04 Å². The highest BCUT2D eigenvalue weighted by molar-refractivity contribution is 5.77. The Labute approximate surface area is 126 Å². The van der Waals surface area contributed by atoms with Crippen LogP contribution in [0.2, 0.25) is 0 Å². The lowest BCUT2D eigenvalue weighted by molar-refractivity contribution is -0.123. The molecule has 21 heavy (non-hydrogen) atoms. The first kappa shape index (κ1) is 14.6. The molecule has 0 saturated heterocycles. The number of carbonyl (C=O) groups is 1. The molecule has 114 valence electrons. The number of carbonyl (C=O) groups excluding carboxylic acids is 1. The Morgan fingerprint density at radius 2 is 1.90 bits per heavy atom. The molecule has 1 aromatic rings. The second kappa shape index (κ2) is 6.61. The fourth-order valence-electron chi connectivity index (χ4n) is 3.70. The van der Waals surface area contributed by atoms with Gasteiger partial charge in [-0.25, -0.2) is 0 Å². The maximum absolute atomic E-state index is 12.0. The molecule has 0 spiro atoms. The first-order valence-electron chi connectivity index (χ1n) is 8.26. The highest BCUT2D eigenvalue weighted by Gasteiger charge is 2.43. The van der Waals surface area contributed by atoms with Crippen molar-refractivity contribution in [1.29, 1.82) is 0 Å². The molecule has 0 aromatic heterocycles. The van der Waals surface area contributed by atoms with Crippen LogP contribution in [-0.4, -0.2) is 17.1 Å². The minimum Gasteiger partial charge on any atom is -0.388 e. The summed E-state index contributed by atoms with van der Waals surface area (Å²) in [6.45, 7) is 0. The van der Waals surface area contributed by atoms with Crippen LogP contribution in [0.5, 0.6) is 0 Å². The Morgan fingerprint density at radius 3 is 2.62 bits per heavy atom. The van der Waals surface area contributed by atoms with E-state index in [4.69, 9.17) is 0 Å². The SMILES string of the molecule is O=C(CC(O)c1ccccc1)NC1CC1C1CCCCC1. The molecular weight excluding hydrogens is 262 g/mol. The molecule has 3 unspecified atom stereocenters. The summed E-state index contributed by atoms with van der Waals surface area (Å²) < 4.78 is 0. The molecule has 0 aliphatic heterocycles. The van der Waals surface area contributed by atoms with E-state index < -0.39 is 6.10 Å². The summed E-state index contributed by atoms with van der Waals surface area (Å²) in [6.07, 6.45) is 7.37. The summed E-state index contributed by atoms with van der Waals surface area (Å²) in [5.74, 6) is 1.50. The van der Waals surface area contributed by atoms with Crippen LogP contribution in [-0.2, 0) is 4.79 Å². The first-order chi connectivity index (χ1) is 10.2. The number of amides is 1. The molecule has 0 heterocycles. The van der Waals surface area contributed by atoms with Gasteiger partial charge in [-0.05, 0) is 23.8 Å². The minimum atomic E-state index is -0.696. The van der Waals surface area contributed by atoms with Crippen molar-refractivity contribution in [3.63, 3.8) is 0 Å². The number of hydrogen-bond acceptors (Lipinski definition) is 2. The van der Waals surface area contributed by atoms with E-state index in [-0.39, 0.29) is 12.3 Å². The quantitative estimate of drug-likeness (QED) is 0.873. The summed E-state index contributed by atoms with van der Waals surface area (Å²) in [6, 6.07) is 9.77. The Bertz CT molecular complexity index is 467. The van der Waals surface area contributed by atoms with Gasteiger partial charge in [-0.15, -0.1) is 0 Å². The number of aliphatic hydroxyl groups excluding tert-OH is 1. The van der Waals surface area contributed by atoms with Gasteiger partial charge in [0.25, 0.3) is 0 Å². The monoisotopic (exact) mass is 287 g/mol. The van der Waals surface area contributed by atoms with Gasteiger partial charge in [-0.3, -0.25) is 4.79 Å². The molecular formula is C18H25NO2. The fourth-order valence-corrected chi connectivity index (χ4v) is 3.70. The Kier molecular flexibility index (Phi) is 4.59. The van der Waals surface area contributed by atoms with Crippen molar-refractivity contribution in [2.45, 2.75) is 57.1 Å². The third-order valence-corrected chi connectivity index (χ3v) is 5.00. The third-order valence-electron chi connectivity index (χ3n) is 5.00. The van der Waals surface area contributed by atoms with E-state index in [0.717, 1.165) is 17.9 Å². The van der Waals surface area contributed by atoms with E-state index in [1.807, 2.05) is 30.3 Å². The molecule has 1 amide bonds. The second-order valence-corrected chi connectivity index (χ2v) is 6.60. The maximum Gasteiger partial charge on any atom is 0.223 e. The maximum atomic E-state index is 12.0. The van der Waals surface area contributed by atoms with Gasteiger partial charge < -0.3 is 10.4 Å². The topological polar surface area (TPSA) is 49.3 Å². The molecule has 2 fully saturated rings. The van der Waals surface area contributed by atoms with Gasteiger partial charge in [0.05, 0.1) is 12.5 Å². The summed E-state index contributed by atoms with van der Waals surface area (Å²) in [4.78, 5) is 12.0. The van der Waals surface area contributed by atoms with E-state index >= 15 is 0 Å². The van der Waals surface area contributed by atoms with Crippen LogP contribution < -0.4 is 5.32 Å². The normalized spacial score (nSPS) is 27.1. The highest BCUT2D eigenvalue weighted by atomic mass is 16.3. The van der Waals surface area contributed by atoms with Crippen molar-refractivity contribution in [1.82, 2.24) is 5.32 Å². The molecule has 2 N–H and O–H groups in total. The van der Waals surface area contributed by atoms with E-state index in [9.17, 15) is 9.90 Å². The molecule has 3 atom stereocenters. The van der Waals surface area contributed by atoms with Gasteiger partial charge >= 0.3 is 0 Å². The molecule has 1 aromatic carbocycles. The first-order valence-corrected chi connectivity index (χ1v) is 8.26. The second-order valence-electron chi connectivity index (χ2n) is 6.60. The van der Waals surface area contributed by atoms with Crippen LogP contribution in [0.1, 0.15) is 56.6 Å². The van der Waals surface area contributed by atoms with Crippen LogP contribution in [0.4, 0.5) is 0 Å². The lowest BCUT2D eigenvalue weighted by Gasteiger charge is -2.21. The lowest BCUT2D eigenvalue weighted by atomic mass is 9.85. The van der Waals surface area contributed by atoms with E-state index in [1.165, 1.54) is 32.1 Å². The molecule has 2 aliphatic rings. The molecule has 0 radical (unpaired) electrons. The van der Waals surface area contributed by atoms with Gasteiger partial charge in [0.1, 0.15) is 0 Å². The number of rotatable bonds is 5. The zero-order chi connectivity index (χ0) is 14.7. The average Bonchev–Trinajstić information content (AvgIpc) is 3.28. The minimum absolute atomic E-state index is 0.0188. The molecule has 3 heteroatoms. The molecule has 3 nitrogen and oxygen atoms in total. The van der Waals surface area contributed by atoms with Crippen molar-refractivity contribution < 1.29 is 9.90 Å². The standard InChI is InChI=1S/C18H25NO2/c20-17(14-9-5-2-6-10-14)12-18(21)19-16-11-15(16)13-7-3-1-4-8-13/h2,5-6,9-10,13,15-17,20H,1,3-4,7-8,11-12H2,(H,19,21). The van der Waals surface area contributed by atoms with Crippen molar-refractivity contribution in [3.05, 3.63) is 35.9 Å². The summed E-state index contributed by atoms with van der Waals surface area (Å²) in [7, 11) is 0. The van der Waals surface area contributed by atoms with Crippen molar-refractivity contribution in [3.8, 4) is 0 Å². The smallest absolute Gasteiger partial charge is 0.223 e. The van der Waals surface area contributed by atoms with Crippen LogP contribution in [0, 0.1) is 11.8 Å². The predicted octanol–water partition coefficient (Wildman–Crippen LogP) is 3.20. The van der Waals surface area contributed by atoms with E-state index in [0.29, 0.717) is 12.0 Å². The molecule has 2 saturated carbocycles. The molecule has 2 aliphatic carbocycles. The summed E-state index contributed by atoms with van der Waals surface area (Å²) in [5.41, 5.74) is 0.812. The third kappa shape index (κ3) is 3.85. The fraction of sp³-hybridized carbons (Fsp3) is 0.611. The van der Waals surface area contributed by atoms with Crippen LogP contribution in [0.15, 0.2) is 30.3 Å². The van der Waals surface area contributed by atoms with Gasteiger partial charge in [-0.1, -0.05) is 62.4 Å².